The van der Waals surface area contributed by atoms with E-state index in [1.807, 2.05) is 13.8 Å². The van der Waals surface area contributed by atoms with Crippen molar-refractivity contribution >= 4 is 17.3 Å². The van der Waals surface area contributed by atoms with E-state index in [4.69, 9.17) is 0 Å². The summed E-state index contributed by atoms with van der Waals surface area (Å²) in [4.78, 5) is 40.0. The summed E-state index contributed by atoms with van der Waals surface area (Å²) in [5, 5.41) is 44.2. The van der Waals surface area contributed by atoms with Crippen LogP contribution in [0.15, 0.2) is 17.4 Å². The van der Waals surface area contributed by atoms with Crippen LogP contribution in [0.1, 0.15) is 154 Å². The molecule has 0 amide bonds. The number of aliphatic hydroxyl groups is 1. The Morgan fingerprint density at radius 1 is 0.762 bits per heavy atom. The topological polar surface area (TPSA) is 132 Å². The van der Waals surface area contributed by atoms with Crippen LogP contribution in [0.5, 0.6) is 17.2 Å². The Balaban J connectivity index is 2.29. The van der Waals surface area contributed by atoms with Gasteiger partial charge in [-0.3, -0.25) is 14.4 Å². The van der Waals surface area contributed by atoms with Crippen molar-refractivity contribution in [3.05, 3.63) is 28.5 Å². The Morgan fingerprint density at radius 3 is 1.76 bits per heavy atom. The van der Waals surface area contributed by atoms with Gasteiger partial charge in [0.2, 0.25) is 0 Å². The van der Waals surface area contributed by atoms with Gasteiger partial charge in [0, 0.05) is 29.5 Å². The number of Topliss-reactive ketones (excluding diaryl/α,β-unsaturated/α-hetero) is 3. The van der Waals surface area contributed by atoms with Gasteiger partial charge in [0.05, 0.1) is 10.8 Å². The molecule has 1 aromatic rings. The number of rotatable bonds is 17. The molecule has 0 heterocycles. The molecule has 1 aliphatic carbocycles. The predicted molar refractivity (Wildman–Crippen MR) is 166 cm³/mol. The lowest BCUT2D eigenvalue weighted by molar-refractivity contribution is -0.144. The maximum atomic E-state index is 13.7. The van der Waals surface area contributed by atoms with Gasteiger partial charge in [-0.1, -0.05) is 85.0 Å². The fourth-order valence-electron chi connectivity index (χ4n) is 6.30. The van der Waals surface area contributed by atoms with E-state index in [0.29, 0.717) is 6.42 Å². The molecule has 1 atom stereocenters. The molecular weight excluding hydrogens is 532 g/mol. The van der Waals surface area contributed by atoms with E-state index in [1.165, 1.54) is 58.8 Å². The van der Waals surface area contributed by atoms with Crippen molar-refractivity contribution in [2.45, 2.75) is 138 Å². The van der Waals surface area contributed by atoms with Gasteiger partial charge in [0.25, 0.3) is 0 Å². The zero-order valence-electron chi connectivity index (χ0n) is 26.9. The van der Waals surface area contributed by atoms with Crippen molar-refractivity contribution in [3.63, 3.8) is 0 Å². The molecule has 1 unspecified atom stereocenters. The smallest absolute Gasteiger partial charge is 0.175 e. The van der Waals surface area contributed by atoms with Crippen molar-refractivity contribution in [2.75, 3.05) is 0 Å². The molecule has 1 aliphatic rings. The fourth-order valence-corrected chi connectivity index (χ4v) is 6.30. The molecule has 1 aromatic carbocycles. The minimum atomic E-state index is -1.43. The molecule has 236 valence electrons. The molecule has 0 spiro atoms. The molecule has 7 heteroatoms. The standard InChI is InChI=1S/C35H54O7/c1-8-9-10-11-12-13-14-15-16-17-18-19-24(36)29-26(38)21-25(37)27(30(29)39)23(20-22(2)3)28-31(40)34(4,5)33(42)35(6,7)32(28)41/h21-23,37-40H,8-20H2,1-7H3. The highest BCUT2D eigenvalue weighted by Gasteiger charge is 2.55. The number of phenols is 3. The normalized spacial score (nSPS) is 17.2. The maximum absolute atomic E-state index is 13.7. The number of unbranched alkanes of at least 4 members (excludes halogenated alkanes) is 10. The van der Waals surface area contributed by atoms with Gasteiger partial charge < -0.3 is 20.4 Å². The molecular formula is C35H54O7. The molecule has 0 radical (unpaired) electrons. The Labute approximate surface area is 252 Å². The zero-order chi connectivity index (χ0) is 31.8. The molecule has 4 N–H and O–H groups in total. The predicted octanol–water partition coefficient (Wildman–Crippen LogP) is 8.83. The summed E-state index contributed by atoms with van der Waals surface area (Å²) in [5.41, 5.74) is -3.24. The molecule has 0 fully saturated rings. The van der Waals surface area contributed by atoms with Crippen molar-refractivity contribution in [3.8, 4) is 17.2 Å². The number of hydrogen-bond donors (Lipinski definition) is 4. The van der Waals surface area contributed by atoms with E-state index in [-0.39, 0.29) is 35.5 Å². The van der Waals surface area contributed by atoms with Crippen LogP contribution >= 0.6 is 0 Å². The van der Waals surface area contributed by atoms with Gasteiger partial charge in [-0.05, 0) is 46.5 Å². The highest BCUT2D eigenvalue weighted by Crippen LogP contribution is 2.52. The number of aromatic hydroxyl groups is 3. The summed E-state index contributed by atoms with van der Waals surface area (Å²) in [6.07, 6.45) is 12.8. The average Bonchev–Trinajstić information content (AvgIpc) is 2.89. The quantitative estimate of drug-likeness (QED) is 0.0814. The van der Waals surface area contributed by atoms with Crippen molar-refractivity contribution < 1.29 is 34.8 Å². The number of carbonyl (C=O) groups excluding carboxylic acids is 3. The molecule has 42 heavy (non-hydrogen) atoms. The van der Waals surface area contributed by atoms with Gasteiger partial charge in [0.1, 0.15) is 28.6 Å². The summed E-state index contributed by atoms with van der Waals surface area (Å²) in [6.45, 7) is 12.1. The van der Waals surface area contributed by atoms with Gasteiger partial charge in [0.15, 0.2) is 17.3 Å². The van der Waals surface area contributed by atoms with Gasteiger partial charge in [-0.25, -0.2) is 0 Å². The molecule has 0 bridgehead atoms. The van der Waals surface area contributed by atoms with E-state index in [1.54, 1.807) is 13.8 Å². The minimum Gasteiger partial charge on any atom is -0.511 e. The first kappa shape index (κ1) is 35.4. The third-order valence-electron chi connectivity index (χ3n) is 8.78. The first-order chi connectivity index (χ1) is 19.6. The van der Waals surface area contributed by atoms with Crippen molar-refractivity contribution in [1.29, 1.82) is 0 Å². The first-order valence-electron chi connectivity index (χ1n) is 15.9. The first-order valence-corrected chi connectivity index (χ1v) is 15.9. The largest absolute Gasteiger partial charge is 0.511 e. The van der Waals surface area contributed by atoms with E-state index in [9.17, 15) is 34.8 Å². The highest BCUT2D eigenvalue weighted by molar-refractivity contribution is 6.19. The SMILES string of the molecule is CCCCCCCCCCCCCC(=O)c1c(O)cc(O)c(C(CC(C)C)C2=C(O)C(C)(C)C(=O)C(C)(C)C2=O)c1O. The van der Waals surface area contributed by atoms with Crippen molar-refractivity contribution in [2.24, 2.45) is 16.7 Å². The summed E-state index contributed by atoms with van der Waals surface area (Å²) in [5.74, 6) is -4.52. The number of ketones is 3. The second-order valence-corrected chi connectivity index (χ2v) is 13.6. The number of aliphatic hydroxyl groups excluding tert-OH is 1. The third kappa shape index (κ3) is 7.96. The Kier molecular flexibility index (Phi) is 12.7. The lowest BCUT2D eigenvalue weighted by atomic mass is 9.60. The number of allylic oxidation sites excluding steroid dienone is 2. The minimum absolute atomic E-state index is 0.0463. The Hall–Kier alpha value is -2.83. The van der Waals surface area contributed by atoms with Crippen LogP contribution < -0.4 is 0 Å². The van der Waals surface area contributed by atoms with E-state index < -0.39 is 57.1 Å². The summed E-state index contributed by atoms with van der Waals surface area (Å²) in [7, 11) is 0. The van der Waals surface area contributed by atoms with E-state index in [2.05, 4.69) is 6.92 Å². The number of carbonyl (C=O) groups is 3. The van der Waals surface area contributed by atoms with Crippen LogP contribution in [-0.4, -0.2) is 37.8 Å². The van der Waals surface area contributed by atoms with E-state index in [0.717, 1.165) is 25.3 Å². The maximum Gasteiger partial charge on any atom is 0.175 e. The number of benzene rings is 1. The molecule has 7 nitrogen and oxygen atoms in total. The number of hydrogen-bond acceptors (Lipinski definition) is 7. The van der Waals surface area contributed by atoms with Crippen LogP contribution in [0, 0.1) is 16.7 Å². The fraction of sp³-hybridized carbons (Fsp3) is 0.686. The Morgan fingerprint density at radius 2 is 1.26 bits per heavy atom. The molecule has 0 aromatic heterocycles. The molecule has 0 saturated heterocycles. The average molecular weight is 587 g/mol. The van der Waals surface area contributed by atoms with Crippen LogP contribution in [0.2, 0.25) is 0 Å². The summed E-state index contributed by atoms with van der Waals surface area (Å²) in [6, 6.07) is 1.02. The molecule has 0 saturated carbocycles. The van der Waals surface area contributed by atoms with Crippen molar-refractivity contribution in [1.82, 2.24) is 0 Å². The van der Waals surface area contributed by atoms with Crippen LogP contribution in [0.25, 0.3) is 0 Å². The number of phenolic OH excluding ortho intramolecular Hbond substituents is 3. The molecule has 2 rings (SSSR count). The monoisotopic (exact) mass is 586 g/mol. The third-order valence-corrected chi connectivity index (χ3v) is 8.78. The second-order valence-electron chi connectivity index (χ2n) is 13.6. The zero-order valence-corrected chi connectivity index (χ0v) is 26.9. The Bertz CT molecular complexity index is 1160. The van der Waals surface area contributed by atoms with Crippen LogP contribution in [-0.2, 0) is 9.59 Å². The summed E-state index contributed by atoms with van der Waals surface area (Å²) >= 11 is 0. The van der Waals surface area contributed by atoms with Gasteiger partial charge >= 0.3 is 0 Å². The lowest BCUT2D eigenvalue weighted by Gasteiger charge is -2.41. The summed E-state index contributed by atoms with van der Waals surface area (Å²) < 4.78 is 0. The van der Waals surface area contributed by atoms with E-state index >= 15 is 0 Å². The lowest BCUT2D eigenvalue weighted by Crippen LogP contribution is -2.49. The van der Waals surface area contributed by atoms with Gasteiger partial charge in [-0.2, -0.15) is 0 Å². The second kappa shape index (κ2) is 15.1. The molecule has 0 aliphatic heterocycles. The van der Waals surface area contributed by atoms with Crippen LogP contribution in [0.3, 0.4) is 0 Å². The highest BCUT2D eigenvalue weighted by atomic mass is 16.3. The van der Waals surface area contributed by atoms with Gasteiger partial charge in [-0.15, -0.1) is 0 Å². The van der Waals surface area contributed by atoms with Crippen LogP contribution in [0.4, 0.5) is 0 Å².